The van der Waals surface area contributed by atoms with Crippen LogP contribution in [0.4, 0.5) is 4.39 Å². The number of amides is 1. The predicted molar refractivity (Wildman–Crippen MR) is 69.4 cm³/mol. The molecule has 106 valence electrons. The van der Waals surface area contributed by atoms with Gasteiger partial charge in [0.05, 0.1) is 13.2 Å². The minimum atomic E-state index is -0.302. The first-order chi connectivity index (χ1) is 9.74. The maximum Gasteiger partial charge on any atom is 0.220 e. The van der Waals surface area contributed by atoms with E-state index in [9.17, 15) is 9.18 Å². The van der Waals surface area contributed by atoms with Gasteiger partial charge in [0.1, 0.15) is 23.7 Å². The van der Waals surface area contributed by atoms with E-state index in [1.54, 1.807) is 12.1 Å². The summed E-state index contributed by atoms with van der Waals surface area (Å²) in [6.45, 7) is 0.735. The van der Waals surface area contributed by atoms with Crippen LogP contribution in [0.2, 0.25) is 0 Å². The lowest BCUT2D eigenvalue weighted by Crippen LogP contribution is -2.23. The normalized spacial score (nSPS) is 10.2. The van der Waals surface area contributed by atoms with E-state index in [1.165, 1.54) is 18.5 Å². The Labute approximate surface area is 115 Å². The molecule has 0 aliphatic carbocycles. The number of aromatic nitrogens is 3. The van der Waals surface area contributed by atoms with Crippen molar-refractivity contribution < 1.29 is 13.9 Å². The van der Waals surface area contributed by atoms with Gasteiger partial charge in [0.25, 0.3) is 0 Å². The van der Waals surface area contributed by atoms with Gasteiger partial charge in [0, 0.05) is 6.42 Å². The van der Waals surface area contributed by atoms with Crippen LogP contribution in [0, 0.1) is 5.82 Å². The molecule has 0 unspecified atom stereocenters. The summed E-state index contributed by atoms with van der Waals surface area (Å²) in [7, 11) is 0. The summed E-state index contributed by atoms with van der Waals surface area (Å²) in [6.07, 6.45) is 2.33. The number of nitrogens with zero attached hydrogens (tertiary/aromatic N) is 2. The number of H-pyrrole nitrogens is 1. The SMILES string of the molecule is O=C(CCCOc1ccc(F)cc1)NCc1ncn[nH]1. The van der Waals surface area contributed by atoms with Crippen molar-refractivity contribution in [3.05, 3.63) is 42.2 Å². The Kier molecular flexibility index (Phi) is 5.05. The standard InChI is InChI=1S/C13H15FN4O2/c14-10-3-5-11(6-4-10)20-7-1-2-13(19)15-8-12-16-9-17-18-12/h3-6,9H,1-2,7-8H2,(H,15,19)(H,16,17,18). The zero-order valence-electron chi connectivity index (χ0n) is 10.8. The van der Waals surface area contributed by atoms with E-state index < -0.39 is 0 Å². The van der Waals surface area contributed by atoms with Crippen LogP contribution in [0.1, 0.15) is 18.7 Å². The van der Waals surface area contributed by atoms with Gasteiger partial charge in [-0.3, -0.25) is 9.89 Å². The maximum atomic E-state index is 12.7. The van der Waals surface area contributed by atoms with E-state index in [-0.39, 0.29) is 11.7 Å². The lowest BCUT2D eigenvalue weighted by molar-refractivity contribution is -0.121. The Morgan fingerprint density at radius 1 is 1.35 bits per heavy atom. The van der Waals surface area contributed by atoms with Crippen molar-refractivity contribution in [2.75, 3.05) is 6.61 Å². The summed E-state index contributed by atoms with van der Waals surface area (Å²) in [5.41, 5.74) is 0. The second-order valence-corrected chi connectivity index (χ2v) is 4.11. The molecule has 0 bridgehead atoms. The minimum Gasteiger partial charge on any atom is -0.494 e. The number of ether oxygens (including phenoxy) is 1. The maximum absolute atomic E-state index is 12.7. The highest BCUT2D eigenvalue weighted by atomic mass is 19.1. The molecule has 1 amide bonds. The number of carbonyl (C=O) groups is 1. The van der Waals surface area contributed by atoms with Gasteiger partial charge >= 0.3 is 0 Å². The molecule has 2 aromatic rings. The van der Waals surface area contributed by atoms with Crippen LogP contribution in [-0.4, -0.2) is 27.7 Å². The van der Waals surface area contributed by atoms with Crippen LogP contribution in [0.15, 0.2) is 30.6 Å². The molecule has 0 aliphatic rings. The number of benzene rings is 1. The molecule has 1 aromatic heterocycles. The Balaban J connectivity index is 1.58. The highest BCUT2D eigenvalue weighted by molar-refractivity contribution is 5.75. The fraction of sp³-hybridized carbons (Fsp3) is 0.308. The Morgan fingerprint density at radius 2 is 2.15 bits per heavy atom. The zero-order chi connectivity index (χ0) is 14.2. The van der Waals surface area contributed by atoms with Crippen LogP contribution < -0.4 is 10.1 Å². The molecule has 0 atom stereocenters. The van der Waals surface area contributed by atoms with Crippen molar-refractivity contribution in [1.29, 1.82) is 0 Å². The first-order valence-corrected chi connectivity index (χ1v) is 6.23. The number of nitrogens with one attached hydrogen (secondary N) is 2. The third kappa shape index (κ3) is 4.68. The average Bonchev–Trinajstić information content (AvgIpc) is 2.96. The third-order valence-corrected chi connectivity index (χ3v) is 2.55. The third-order valence-electron chi connectivity index (χ3n) is 2.55. The van der Waals surface area contributed by atoms with Gasteiger partial charge in [-0.1, -0.05) is 0 Å². The molecule has 7 heteroatoms. The molecular formula is C13H15FN4O2. The second kappa shape index (κ2) is 7.22. The van der Waals surface area contributed by atoms with Gasteiger partial charge in [-0.25, -0.2) is 9.37 Å². The fourth-order valence-electron chi connectivity index (χ4n) is 1.54. The van der Waals surface area contributed by atoms with Crippen molar-refractivity contribution in [3.8, 4) is 5.75 Å². The average molecular weight is 278 g/mol. The van der Waals surface area contributed by atoms with Gasteiger partial charge in [-0.05, 0) is 30.7 Å². The van der Waals surface area contributed by atoms with E-state index >= 15 is 0 Å². The quantitative estimate of drug-likeness (QED) is 0.751. The number of rotatable bonds is 7. The minimum absolute atomic E-state index is 0.0795. The van der Waals surface area contributed by atoms with Gasteiger partial charge < -0.3 is 10.1 Å². The van der Waals surface area contributed by atoms with Gasteiger partial charge in [0.2, 0.25) is 5.91 Å². The van der Waals surface area contributed by atoms with Gasteiger partial charge in [0.15, 0.2) is 0 Å². The lowest BCUT2D eigenvalue weighted by atomic mass is 10.3. The summed E-state index contributed by atoms with van der Waals surface area (Å²) in [4.78, 5) is 15.4. The molecule has 0 aliphatic heterocycles. The number of halogens is 1. The lowest BCUT2D eigenvalue weighted by Gasteiger charge is -2.06. The van der Waals surface area contributed by atoms with Crippen LogP contribution in [0.5, 0.6) is 5.75 Å². The molecule has 2 N–H and O–H groups in total. The van der Waals surface area contributed by atoms with Crippen LogP contribution in [0.3, 0.4) is 0 Å². The number of carbonyl (C=O) groups excluding carboxylic acids is 1. The molecule has 20 heavy (non-hydrogen) atoms. The monoisotopic (exact) mass is 278 g/mol. The molecule has 0 radical (unpaired) electrons. The van der Waals surface area contributed by atoms with Crippen molar-refractivity contribution >= 4 is 5.91 Å². The van der Waals surface area contributed by atoms with Crippen molar-refractivity contribution in [2.45, 2.75) is 19.4 Å². The van der Waals surface area contributed by atoms with Gasteiger partial charge in [-0.2, -0.15) is 5.10 Å². The summed E-state index contributed by atoms with van der Waals surface area (Å²) < 4.78 is 18.0. The van der Waals surface area contributed by atoms with Crippen LogP contribution in [-0.2, 0) is 11.3 Å². The van der Waals surface area contributed by atoms with Gasteiger partial charge in [-0.15, -0.1) is 0 Å². The summed E-state index contributed by atoms with van der Waals surface area (Å²) in [6, 6.07) is 5.78. The molecule has 2 rings (SSSR count). The molecule has 1 heterocycles. The summed E-state index contributed by atoms with van der Waals surface area (Å²) in [5, 5.41) is 9.05. The Morgan fingerprint density at radius 3 is 2.85 bits per heavy atom. The number of hydrogen-bond donors (Lipinski definition) is 2. The zero-order valence-corrected chi connectivity index (χ0v) is 10.8. The fourth-order valence-corrected chi connectivity index (χ4v) is 1.54. The first-order valence-electron chi connectivity index (χ1n) is 6.23. The predicted octanol–water partition coefficient (Wildman–Crippen LogP) is 1.42. The van der Waals surface area contributed by atoms with E-state index in [2.05, 4.69) is 20.5 Å². The van der Waals surface area contributed by atoms with Crippen molar-refractivity contribution in [3.63, 3.8) is 0 Å². The molecule has 0 fully saturated rings. The highest BCUT2D eigenvalue weighted by Crippen LogP contribution is 2.11. The van der Waals surface area contributed by atoms with Crippen LogP contribution >= 0.6 is 0 Å². The molecule has 0 saturated carbocycles. The number of aromatic amines is 1. The molecular weight excluding hydrogens is 263 g/mol. The first kappa shape index (κ1) is 14.0. The topological polar surface area (TPSA) is 79.9 Å². The van der Waals surface area contributed by atoms with E-state index in [0.717, 1.165) is 0 Å². The van der Waals surface area contributed by atoms with Crippen molar-refractivity contribution in [2.24, 2.45) is 0 Å². The molecule has 1 aromatic carbocycles. The smallest absolute Gasteiger partial charge is 0.220 e. The van der Waals surface area contributed by atoms with E-state index in [1.807, 2.05) is 0 Å². The van der Waals surface area contributed by atoms with E-state index in [4.69, 9.17) is 4.74 Å². The largest absolute Gasteiger partial charge is 0.494 e. The van der Waals surface area contributed by atoms with E-state index in [0.29, 0.717) is 37.6 Å². The molecule has 0 spiro atoms. The van der Waals surface area contributed by atoms with Crippen molar-refractivity contribution in [1.82, 2.24) is 20.5 Å². The highest BCUT2D eigenvalue weighted by Gasteiger charge is 2.03. The second-order valence-electron chi connectivity index (χ2n) is 4.11. The summed E-state index contributed by atoms with van der Waals surface area (Å²) >= 11 is 0. The molecule has 6 nitrogen and oxygen atoms in total. The summed E-state index contributed by atoms with van der Waals surface area (Å²) in [5.74, 6) is 0.822. The number of hydrogen-bond acceptors (Lipinski definition) is 4. The Hall–Kier alpha value is -2.44. The molecule has 0 saturated heterocycles. The Bertz CT molecular complexity index is 528. The van der Waals surface area contributed by atoms with Crippen LogP contribution in [0.25, 0.3) is 0 Å².